The zero-order valence-corrected chi connectivity index (χ0v) is 33.5. The van der Waals surface area contributed by atoms with Crippen LogP contribution in [0.15, 0.2) is 212 Å². The van der Waals surface area contributed by atoms with E-state index in [1.54, 1.807) is 0 Å². The highest BCUT2D eigenvalue weighted by atomic mass is 15.0. The Bertz CT molecular complexity index is 4040. The highest BCUT2D eigenvalue weighted by Crippen LogP contribution is 2.48. The van der Waals surface area contributed by atoms with Crippen molar-refractivity contribution in [2.24, 2.45) is 0 Å². The first-order valence-corrected chi connectivity index (χ1v) is 21.4. The van der Waals surface area contributed by atoms with Crippen molar-refractivity contribution in [2.45, 2.75) is 0 Å². The summed E-state index contributed by atoms with van der Waals surface area (Å²) in [5.41, 5.74) is 17.9. The summed E-state index contributed by atoms with van der Waals surface area (Å²) in [6.07, 6.45) is 0. The van der Waals surface area contributed by atoms with Crippen LogP contribution < -0.4 is 0 Å². The summed E-state index contributed by atoms with van der Waals surface area (Å²) in [7, 11) is 0. The van der Waals surface area contributed by atoms with E-state index in [1.165, 1.54) is 110 Å². The van der Waals surface area contributed by atoms with Gasteiger partial charge in [0.05, 0.1) is 33.3 Å². The Hall–Kier alpha value is -8.27. The van der Waals surface area contributed by atoms with Crippen molar-refractivity contribution >= 4 is 76.1 Å². The van der Waals surface area contributed by atoms with Crippen molar-refractivity contribution in [3.05, 3.63) is 212 Å². The van der Waals surface area contributed by atoms with Crippen LogP contribution >= 0.6 is 0 Å². The second-order valence-corrected chi connectivity index (χ2v) is 16.7. The van der Waals surface area contributed by atoms with Gasteiger partial charge in [0.25, 0.3) is 0 Å². The maximum Gasteiger partial charge on any atom is 0.0722 e. The first-order chi connectivity index (χ1) is 30.7. The highest BCUT2D eigenvalue weighted by Gasteiger charge is 2.23. The molecule has 3 aromatic heterocycles. The molecule has 0 spiro atoms. The quantitative estimate of drug-likeness (QED) is 0.174. The molecule has 1 aliphatic rings. The minimum absolute atomic E-state index is 0.999. The van der Waals surface area contributed by atoms with Gasteiger partial charge in [-0.05, 0) is 122 Å². The number of rotatable bonds is 4. The van der Waals surface area contributed by atoms with Gasteiger partial charge in [-0.15, -0.1) is 0 Å². The Morgan fingerprint density at radius 2 is 0.919 bits per heavy atom. The van der Waals surface area contributed by atoms with Gasteiger partial charge < -0.3 is 9.13 Å². The van der Waals surface area contributed by atoms with Crippen molar-refractivity contribution in [3.8, 4) is 56.0 Å². The second-order valence-electron chi connectivity index (χ2n) is 16.7. The van der Waals surface area contributed by atoms with Crippen LogP contribution in [0.2, 0.25) is 0 Å². The molecule has 0 saturated carbocycles. The average Bonchev–Trinajstić information content (AvgIpc) is 3.98. The molecule has 0 saturated heterocycles. The second kappa shape index (κ2) is 12.6. The van der Waals surface area contributed by atoms with E-state index in [-0.39, 0.29) is 0 Å². The standard InChI is InChI=1S/C59H35N3/c1-2-11-42(12-3-1)61-55-19-8-7-16-48(55)51-34-39(26-30-57(51)61)37-24-28-44-40(31-37)25-29-50-47-15-6-9-20-56(47)62(59(44)50)43-27-23-36-32-41(22-21-38(36)33-43)54-35-52-46-14-5-4-13-45(46)49-17-10-18-53(60-54)58(49)52/h1-35H. The number of aromatic nitrogens is 3. The molecule has 3 heterocycles. The van der Waals surface area contributed by atoms with Crippen LogP contribution in [0.25, 0.3) is 132 Å². The van der Waals surface area contributed by atoms with Crippen LogP contribution in [0.4, 0.5) is 0 Å². The normalized spacial score (nSPS) is 12.2. The van der Waals surface area contributed by atoms with Crippen molar-refractivity contribution in [3.63, 3.8) is 0 Å². The fraction of sp³-hybridized carbons (Fsp3) is 0. The summed E-state index contributed by atoms with van der Waals surface area (Å²) in [6, 6.07) is 77.9. The van der Waals surface area contributed by atoms with Crippen molar-refractivity contribution in [1.29, 1.82) is 0 Å². The van der Waals surface area contributed by atoms with Gasteiger partial charge in [-0.25, -0.2) is 4.98 Å². The molecule has 286 valence electrons. The number of hydrogen-bond donors (Lipinski definition) is 0. The summed E-state index contributed by atoms with van der Waals surface area (Å²) in [6.45, 7) is 0. The lowest BCUT2D eigenvalue weighted by atomic mass is 9.98. The highest BCUT2D eigenvalue weighted by molar-refractivity contribution is 6.20. The van der Waals surface area contributed by atoms with E-state index in [0.717, 1.165) is 22.5 Å². The van der Waals surface area contributed by atoms with Crippen LogP contribution in [-0.2, 0) is 0 Å². The van der Waals surface area contributed by atoms with Gasteiger partial charge in [-0.1, -0.05) is 140 Å². The first-order valence-electron chi connectivity index (χ1n) is 21.4. The predicted molar refractivity (Wildman–Crippen MR) is 261 cm³/mol. The zero-order valence-electron chi connectivity index (χ0n) is 33.5. The monoisotopic (exact) mass is 785 g/mol. The summed E-state index contributed by atoms with van der Waals surface area (Å²) in [5, 5.41) is 11.1. The fourth-order valence-corrected chi connectivity index (χ4v) is 10.6. The lowest BCUT2D eigenvalue weighted by molar-refractivity contribution is 1.18. The van der Waals surface area contributed by atoms with E-state index in [4.69, 9.17) is 4.98 Å². The molecule has 0 radical (unpaired) electrons. The summed E-state index contributed by atoms with van der Waals surface area (Å²) in [4.78, 5) is 5.21. The molecule has 0 fully saturated rings. The van der Waals surface area contributed by atoms with E-state index >= 15 is 0 Å². The molecule has 3 heteroatoms. The van der Waals surface area contributed by atoms with Gasteiger partial charge in [0, 0.05) is 49.3 Å². The third-order valence-electron chi connectivity index (χ3n) is 13.4. The van der Waals surface area contributed by atoms with Crippen LogP contribution in [0.3, 0.4) is 0 Å². The fourth-order valence-electron chi connectivity index (χ4n) is 10.6. The van der Waals surface area contributed by atoms with Crippen molar-refractivity contribution in [2.75, 3.05) is 0 Å². The van der Waals surface area contributed by atoms with E-state index in [1.807, 2.05) is 0 Å². The largest absolute Gasteiger partial charge is 0.309 e. The molecule has 0 unspecified atom stereocenters. The van der Waals surface area contributed by atoms with Crippen molar-refractivity contribution < 1.29 is 0 Å². The summed E-state index contributed by atoms with van der Waals surface area (Å²) >= 11 is 0. The third kappa shape index (κ3) is 4.73. The molecule has 10 aromatic carbocycles. The molecule has 0 atom stereocenters. The lowest BCUT2D eigenvalue weighted by Crippen LogP contribution is -1.95. The average molecular weight is 786 g/mol. The van der Waals surface area contributed by atoms with E-state index in [9.17, 15) is 0 Å². The molecule has 13 aromatic rings. The van der Waals surface area contributed by atoms with Crippen LogP contribution in [-0.4, -0.2) is 14.1 Å². The molecular formula is C59H35N3. The number of para-hydroxylation sites is 3. The van der Waals surface area contributed by atoms with Crippen LogP contribution in [0.5, 0.6) is 0 Å². The molecule has 0 bridgehead atoms. The van der Waals surface area contributed by atoms with Crippen LogP contribution in [0.1, 0.15) is 0 Å². The Morgan fingerprint density at radius 1 is 0.306 bits per heavy atom. The Morgan fingerprint density at radius 3 is 1.79 bits per heavy atom. The molecule has 62 heavy (non-hydrogen) atoms. The Balaban J connectivity index is 0.890. The third-order valence-corrected chi connectivity index (χ3v) is 13.4. The molecule has 0 amide bonds. The smallest absolute Gasteiger partial charge is 0.0722 e. The van der Waals surface area contributed by atoms with E-state index < -0.39 is 0 Å². The van der Waals surface area contributed by atoms with Crippen molar-refractivity contribution in [1.82, 2.24) is 14.1 Å². The summed E-state index contributed by atoms with van der Waals surface area (Å²) in [5.74, 6) is 0. The van der Waals surface area contributed by atoms with Gasteiger partial charge in [0.1, 0.15) is 0 Å². The summed E-state index contributed by atoms with van der Waals surface area (Å²) < 4.78 is 4.84. The molecular weight excluding hydrogens is 751 g/mol. The topological polar surface area (TPSA) is 22.8 Å². The molecule has 3 nitrogen and oxygen atoms in total. The Labute approximate surface area is 357 Å². The number of nitrogens with zero attached hydrogens (tertiary/aromatic N) is 3. The molecule has 14 rings (SSSR count). The van der Waals surface area contributed by atoms with Gasteiger partial charge in [0.2, 0.25) is 0 Å². The Kier molecular flexibility index (Phi) is 6.83. The predicted octanol–water partition coefficient (Wildman–Crippen LogP) is 15.7. The number of pyridine rings is 1. The first kappa shape index (κ1) is 33.5. The SMILES string of the molecule is c1ccc(-n2c3ccccc3c3cc(-c4ccc5c(ccc6c7ccccc7n(-c7ccc8cc(-c9cc%10c%11c(cccc%11n9)-c9ccccc9-%10)ccc8c7)c56)c4)ccc32)cc1. The number of hydrogen-bond acceptors (Lipinski definition) is 1. The van der Waals surface area contributed by atoms with E-state index in [0.29, 0.717) is 0 Å². The molecule has 1 aliphatic carbocycles. The minimum Gasteiger partial charge on any atom is -0.309 e. The van der Waals surface area contributed by atoms with E-state index in [2.05, 4.69) is 221 Å². The molecule has 0 N–H and O–H groups in total. The maximum absolute atomic E-state index is 5.21. The van der Waals surface area contributed by atoms with Gasteiger partial charge >= 0.3 is 0 Å². The minimum atomic E-state index is 0.999. The van der Waals surface area contributed by atoms with Crippen LogP contribution in [0, 0.1) is 0 Å². The lowest BCUT2D eigenvalue weighted by Gasteiger charge is -2.13. The van der Waals surface area contributed by atoms with Gasteiger partial charge in [0.15, 0.2) is 0 Å². The number of fused-ring (bicyclic) bond motifs is 12. The van der Waals surface area contributed by atoms with Gasteiger partial charge in [-0.3, -0.25) is 0 Å². The maximum atomic E-state index is 5.21. The number of benzene rings is 10. The van der Waals surface area contributed by atoms with Gasteiger partial charge in [-0.2, -0.15) is 0 Å². The molecule has 0 aliphatic heterocycles. The zero-order chi connectivity index (χ0) is 40.5.